The van der Waals surface area contributed by atoms with Crippen LogP contribution in [0.1, 0.15) is 30.6 Å². The van der Waals surface area contributed by atoms with Gasteiger partial charge in [0.1, 0.15) is 0 Å². The standard InChI is InChI=1S/C12H14BrNO2/c1-3-11(13)12(16)14-10-6-4-5-9(7-10)8(2)15/h4-7,11H,3H2,1-2H3,(H,14,16). The van der Waals surface area contributed by atoms with Crippen molar-refractivity contribution in [2.45, 2.75) is 25.1 Å². The molecule has 0 heterocycles. The highest BCUT2D eigenvalue weighted by atomic mass is 79.9. The molecule has 0 spiro atoms. The minimum absolute atomic E-state index is 0.0121. The van der Waals surface area contributed by atoms with E-state index in [1.165, 1.54) is 6.92 Å². The third-order valence-corrected chi connectivity index (χ3v) is 3.24. The minimum atomic E-state index is -0.200. The fraction of sp³-hybridized carbons (Fsp3) is 0.333. The molecule has 1 rings (SSSR count). The number of ketones is 1. The summed E-state index contributed by atoms with van der Waals surface area (Å²) in [6, 6.07) is 6.92. The minimum Gasteiger partial charge on any atom is -0.325 e. The molecule has 0 radical (unpaired) electrons. The van der Waals surface area contributed by atoms with E-state index in [1.54, 1.807) is 24.3 Å². The van der Waals surface area contributed by atoms with Crippen molar-refractivity contribution in [1.29, 1.82) is 0 Å². The van der Waals surface area contributed by atoms with Crippen molar-refractivity contribution in [3.05, 3.63) is 29.8 Å². The van der Waals surface area contributed by atoms with Crippen LogP contribution in [-0.4, -0.2) is 16.5 Å². The molecule has 0 aromatic heterocycles. The smallest absolute Gasteiger partial charge is 0.238 e. The van der Waals surface area contributed by atoms with Crippen LogP contribution in [0.25, 0.3) is 0 Å². The zero-order chi connectivity index (χ0) is 12.1. The molecule has 0 bridgehead atoms. The number of Topliss-reactive ketones (excluding diaryl/α,β-unsaturated/α-hetero) is 1. The van der Waals surface area contributed by atoms with Crippen LogP contribution in [0.3, 0.4) is 0 Å². The molecule has 1 aromatic carbocycles. The molecule has 0 aliphatic carbocycles. The summed E-state index contributed by atoms with van der Waals surface area (Å²) in [6.45, 7) is 3.42. The van der Waals surface area contributed by atoms with Crippen molar-refractivity contribution in [2.75, 3.05) is 5.32 Å². The lowest BCUT2D eigenvalue weighted by atomic mass is 10.1. The number of anilines is 1. The maximum atomic E-state index is 11.6. The van der Waals surface area contributed by atoms with Crippen LogP contribution >= 0.6 is 15.9 Å². The summed E-state index contributed by atoms with van der Waals surface area (Å²) in [5.41, 5.74) is 1.25. The molecule has 0 fully saturated rings. The number of nitrogens with one attached hydrogen (secondary N) is 1. The number of benzene rings is 1. The molecule has 1 aromatic rings. The van der Waals surface area contributed by atoms with Crippen molar-refractivity contribution in [3.63, 3.8) is 0 Å². The monoisotopic (exact) mass is 283 g/mol. The van der Waals surface area contributed by atoms with E-state index in [-0.39, 0.29) is 16.5 Å². The molecule has 16 heavy (non-hydrogen) atoms. The number of carbonyl (C=O) groups excluding carboxylic acids is 2. The molecule has 0 aliphatic rings. The fourth-order valence-corrected chi connectivity index (χ4v) is 1.34. The zero-order valence-electron chi connectivity index (χ0n) is 9.29. The maximum Gasteiger partial charge on any atom is 0.238 e. The van der Waals surface area contributed by atoms with Crippen molar-refractivity contribution >= 4 is 33.3 Å². The van der Waals surface area contributed by atoms with Crippen LogP contribution in [0.15, 0.2) is 24.3 Å². The predicted octanol–water partition coefficient (Wildman–Crippen LogP) is 3.00. The lowest BCUT2D eigenvalue weighted by Gasteiger charge is -2.09. The van der Waals surface area contributed by atoms with Gasteiger partial charge in [-0.15, -0.1) is 0 Å². The Balaban J connectivity index is 2.78. The molecular weight excluding hydrogens is 270 g/mol. The van der Waals surface area contributed by atoms with E-state index in [1.807, 2.05) is 6.92 Å². The first-order valence-electron chi connectivity index (χ1n) is 5.10. The van der Waals surface area contributed by atoms with E-state index in [9.17, 15) is 9.59 Å². The Bertz CT molecular complexity index is 404. The van der Waals surface area contributed by atoms with Crippen LogP contribution in [0, 0.1) is 0 Å². The summed E-state index contributed by atoms with van der Waals surface area (Å²) in [5.74, 6) is -0.106. The van der Waals surface area contributed by atoms with E-state index in [0.29, 0.717) is 11.3 Å². The average Bonchev–Trinajstić information content (AvgIpc) is 2.28. The molecule has 1 N–H and O–H groups in total. The summed E-state index contributed by atoms with van der Waals surface area (Å²) in [7, 11) is 0. The lowest BCUT2D eigenvalue weighted by Crippen LogP contribution is -2.22. The Kier molecular flexibility index (Phi) is 4.68. The Morgan fingerprint density at radius 1 is 1.44 bits per heavy atom. The van der Waals surface area contributed by atoms with Gasteiger partial charge in [0.25, 0.3) is 0 Å². The van der Waals surface area contributed by atoms with Gasteiger partial charge in [-0.2, -0.15) is 0 Å². The first kappa shape index (κ1) is 12.9. The Morgan fingerprint density at radius 3 is 2.69 bits per heavy atom. The van der Waals surface area contributed by atoms with E-state index in [4.69, 9.17) is 0 Å². The van der Waals surface area contributed by atoms with Crippen molar-refractivity contribution in [2.24, 2.45) is 0 Å². The Hall–Kier alpha value is -1.16. The van der Waals surface area contributed by atoms with Gasteiger partial charge in [0, 0.05) is 11.3 Å². The van der Waals surface area contributed by atoms with Gasteiger partial charge in [-0.05, 0) is 25.5 Å². The highest BCUT2D eigenvalue weighted by Gasteiger charge is 2.12. The van der Waals surface area contributed by atoms with E-state index in [0.717, 1.165) is 6.42 Å². The normalized spacial score (nSPS) is 11.9. The molecular formula is C12H14BrNO2. The topological polar surface area (TPSA) is 46.2 Å². The van der Waals surface area contributed by atoms with Gasteiger partial charge >= 0.3 is 0 Å². The number of amides is 1. The van der Waals surface area contributed by atoms with E-state index < -0.39 is 0 Å². The number of rotatable bonds is 4. The van der Waals surface area contributed by atoms with Gasteiger partial charge in [-0.1, -0.05) is 35.0 Å². The number of hydrogen-bond acceptors (Lipinski definition) is 2. The summed E-state index contributed by atoms with van der Waals surface area (Å²) >= 11 is 3.27. The van der Waals surface area contributed by atoms with E-state index in [2.05, 4.69) is 21.2 Å². The summed E-state index contributed by atoms with van der Waals surface area (Å²) < 4.78 is 0. The number of halogens is 1. The molecule has 0 saturated carbocycles. The third kappa shape index (κ3) is 3.45. The highest BCUT2D eigenvalue weighted by molar-refractivity contribution is 9.10. The molecule has 1 unspecified atom stereocenters. The largest absolute Gasteiger partial charge is 0.325 e. The van der Waals surface area contributed by atoms with E-state index >= 15 is 0 Å². The molecule has 1 atom stereocenters. The Labute approximate surface area is 103 Å². The summed E-state index contributed by atoms with van der Waals surface area (Å²) in [6.07, 6.45) is 0.720. The number of alkyl halides is 1. The molecule has 86 valence electrons. The average molecular weight is 284 g/mol. The Morgan fingerprint density at radius 2 is 2.12 bits per heavy atom. The zero-order valence-corrected chi connectivity index (χ0v) is 10.9. The van der Waals surface area contributed by atoms with Crippen molar-refractivity contribution < 1.29 is 9.59 Å². The molecule has 4 heteroatoms. The van der Waals surface area contributed by atoms with Crippen LogP contribution < -0.4 is 5.32 Å². The SMILES string of the molecule is CCC(Br)C(=O)Nc1cccc(C(C)=O)c1. The van der Waals surface area contributed by atoms with Gasteiger partial charge in [0.05, 0.1) is 4.83 Å². The fourth-order valence-electron chi connectivity index (χ4n) is 1.22. The quantitative estimate of drug-likeness (QED) is 0.682. The second-order valence-electron chi connectivity index (χ2n) is 3.50. The maximum absolute atomic E-state index is 11.6. The lowest BCUT2D eigenvalue weighted by molar-refractivity contribution is -0.115. The predicted molar refractivity (Wildman–Crippen MR) is 68.1 cm³/mol. The van der Waals surface area contributed by atoms with Crippen molar-refractivity contribution in [1.82, 2.24) is 0 Å². The molecule has 0 aliphatic heterocycles. The number of hydrogen-bond donors (Lipinski definition) is 1. The van der Waals surface area contributed by atoms with Crippen LogP contribution in [0.4, 0.5) is 5.69 Å². The van der Waals surface area contributed by atoms with Gasteiger partial charge < -0.3 is 5.32 Å². The number of carbonyl (C=O) groups is 2. The third-order valence-electron chi connectivity index (χ3n) is 2.18. The first-order chi connectivity index (χ1) is 7.54. The molecule has 0 saturated heterocycles. The van der Waals surface area contributed by atoms with Crippen molar-refractivity contribution in [3.8, 4) is 0 Å². The van der Waals surface area contributed by atoms with Gasteiger partial charge in [0.2, 0.25) is 5.91 Å². The summed E-state index contributed by atoms with van der Waals surface area (Å²) in [4.78, 5) is 22.5. The van der Waals surface area contributed by atoms with Crippen LogP contribution in [-0.2, 0) is 4.79 Å². The highest BCUT2D eigenvalue weighted by Crippen LogP contribution is 2.13. The molecule has 3 nitrogen and oxygen atoms in total. The van der Waals surface area contributed by atoms with Crippen LogP contribution in [0.5, 0.6) is 0 Å². The second-order valence-corrected chi connectivity index (χ2v) is 4.61. The second kappa shape index (κ2) is 5.80. The summed E-state index contributed by atoms with van der Waals surface area (Å²) in [5, 5.41) is 2.75. The van der Waals surface area contributed by atoms with Crippen LogP contribution in [0.2, 0.25) is 0 Å². The first-order valence-corrected chi connectivity index (χ1v) is 6.02. The van der Waals surface area contributed by atoms with Gasteiger partial charge in [0.15, 0.2) is 5.78 Å². The molecule has 1 amide bonds. The van der Waals surface area contributed by atoms with Gasteiger partial charge in [-0.25, -0.2) is 0 Å². The van der Waals surface area contributed by atoms with Gasteiger partial charge in [-0.3, -0.25) is 9.59 Å².